The number of nitrogens with zero attached hydrogens (tertiary/aromatic N) is 2. The third-order valence-corrected chi connectivity index (χ3v) is 4.76. The molecule has 1 rings (SSSR count). The zero-order chi connectivity index (χ0) is 12.2. The van der Waals surface area contributed by atoms with Crippen LogP contribution in [-0.4, -0.2) is 54.9 Å². The molecule has 5 nitrogen and oxygen atoms in total. The molecule has 0 amide bonds. The van der Waals surface area contributed by atoms with Crippen LogP contribution in [0.2, 0.25) is 0 Å². The van der Waals surface area contributed by atoms with Gasteiger partial charge in [-0.2, -0.15) is 17.0 Å². The van der Waals surface area contributed by atoms with Gasteiger partial charge in [0.2, 0.25) is 0 Å². The van der Waals surface area contributed by atoms with Crippen LogP contribution in [0.3, 0.4) is 0 Å². The minimum absolute atomic E-state index is 0.152. The highest BCUT2D eigenvalue weighted by Gasteiger charge is 2.27. The van der Waals surface area contributed by atoms with Crippen LogP contribution in [0.5, 0.6) is 0 Å². The molecule has 1 aliphatic rings. The van der Waals surface area contributed by atoms with Gasteiger partial charge in [0, 0.05) is 26.7 Å². The van der Waals surface area contributed by atoms with E-state index in [1.807, 2.05) is 0 Å². The summed E-state index contributed by atoms with van der Waals surface area (Å²) >= 11 is 0. The van der Waals surface area contributed by atoms with Gasteiger partial charge >= 0.3 is 0 Å². The Morgan fingerprint density at radius 3 is 2.19 bits per heavy atom. The summed E-state index contributed by atoms with van der Waals surface area (Å²) in [4.78, 5) is 0. The first kappa shape index (κ1) is 13.9. The molecule has 1 atom stereocenters. The molecule has 0 spiro atoms. The van der Waals surface area contributed by atoms with Crippen LogP contribution in [0.25, 0.3) is 0 Å². The Morgan fingerprint density at radius 2 is 1.75 bits per heavy atom. The summed E-state index contributed by atoms with van der Waals surface area (Å²) in [5, 5.41) is 9.22. The maximum Gasteiger partial charge on any atom is 0.281 e. The lowest BCUT2D eigenvalue weighted by atomic mass is 10.2. The van der Waals surface area contributed by atoms with Crippen LogP contribution in [0.4, 0.5) is 0 Å². The second-order valence-corrected chi connectivity index (χ2v) is 6.49. The van der Waals surface area contributed by atoms with Crippen LogP contribution in [0, 0.1) is 0 Å². The van der Waals surface area contributed by atoms with Crippen molar-refractivity contribution >= 4 is 10.2 Å². The van der Waals surface area contributed by atoms with Crippen LogP contribution in [-0.2, 0) is 10.2 Å². The van der Waals surface area contributed by atoms with Crippen molar-refractivity contribution in [2.24, 2.45) is 0 Å². The highest BCUT2D eigenvalue weighted by Crippen LogP contribution is 2.15. The van der Waals surface area contributed by atoms with Gasteiger partial charge in [-0.05, 0) is 19.8 Å². The molecule has 1 aliphatic heterocycles. The molecule has 1 unspecified atom stereocenters. The molecule has 0 aromatic carbocycles. The maximum absolute atomic E-state index is 12.1. The summed E-state index contributed by atoms with van der Waals surface area (Å²) < 4.78 is 27.0. The molecular formula is C10H22N2O3S. The molecule has 0 bridgehead atoms. The Labute approximate surface area is 98.2 Å². The number of hydrogen-bond acceptors (Lipinski definition) is 3. The molecule has 1 saturated heterocycles. The van der Waals surface area contributed by atoms with Crippen LogP contribution in [0.1, 0.15) is 32.6 Å². The third kappa shape index (κ3) is 3.69. The number of likely N-dealkylation sites (N-methyl/N-ethyl adjacent to an activating group) is 1. The number of aliphatic hydroxyl groups is 1. The molecule has 96 valence electrons. The maximum atomic E-state index is 12.1. The average molecular weight is 250 g/mol. The van der Waals surface area contributed by atoms with E-state index >= 15 is 0 Å². The first-order valence-electron chi connectivity index (χ1n) is 5.84. The van der Waals surface area contributed by atoms with Gasteiger partial charge in [-0.3, -0.25) is 0 Å². The van der Waals surface area contributed by atoms with Crippen molar-refractivity contribution in [1.82, 2.24) is 8.61 Å². The fourth-order valence-electron chi connectivity index (χ4n) is 1.94. The zero-order valence-electron chi connectivity index (χ0n) is 10.1. The molecule has 16 heavy (non-hydrogen) atoms. The summed E-state index contributed by atoms with van der Waals surface area (Å²) in [5.74, 6) is 0. The van der Waals surface area contributed by atoms with Crippen molar-refractivity contribution in [1.29, 1.82) is 0 Å². The number of rotatable bonds is 4. The molecule has 0 aliphatic carbocycles. The lowest BCUT2D eigenvalue weighted by Gasteiger charge is -2.27. The predicted octanol–water partition coefficient (Wildman–Crippen LogP) is 0.420. The van der Waals surface area contributed by atoms with Crippen LogP contribution < -0.4 is 0 Å². The molecule has 1 N–H and O–H groups in total. The fourth-order valence-corrected chi connectivity index (χ4v) is 3.45. The van der Waals surface area contributed by atoms with Gasteiger partial charge in [-0.25, -0.2) is 0 Å². The third-order valence-electron chi connectivity index (χ3n) is 2.81. The molecule has 0 radical (unpaired) electrons. The van der Waals surface area contributed by atoms with Gasteiger partial charge in [0.15, 0.2) is 0 Å². The lowest BCUT2D eigenvalue weighted by molar-refractivity contribution is 0.168. The summed E-state index contributed by atoms with van der Waals surface area (Å²) in [5.41, 5.74) is 0. The quantitative estimate of drug-likeness (QED) is 0.786. The van der Waals surface area contributed by atoms with Crippen molar-refractivity contribution < 1.29 is 13.5 Å². The highest BCUT2D eigenvalue weighted by atomic mass is 32.2. The van der Waals surface area contributed by atoms with Crippen molar-refractivity contribution in [3.8, 4) is 0 Å². The monoisotopic (exact) mass is 250 g/mol. The van der Waals surface area contributed by atoms with Gasteiger partial charge in [0.05, 0.1) is 6.10 Å². The topological polar surface area (TPSA) is 60.9 Å². The van der Waals surface area contributed by atoms with E-state index < -0.39 is 16.3 Å². The van der Waals surface area contributed by atoms with Gasteiger partial charge in [-0.1, -0.05) is 12.8 Å². The van der Waals surface area contributed by atoms with E-state index in [0.29, 0.717) is 13.1 Å². The molecule has 1 fully saturated rings. The van der Waals surface area contributed by atoms with E-state index in [1.54, 1.807) is 6.92 Å². The van der Waals surface area contributed by atoms with Crippen molar-refractivity contribution in [2.45, 2.75) is 38.7 Å². The minimum Gasteiger partial charge on any atom is -0.392 e. The van der Waals surface area contributed by atoms with E-state index in [2.05, 4.69) is 0 Å². The molecular weight excluding hydrogens is 228 g/mol. The van der Waals surface area contributed by atoms with E-state index in [1.165, 1.54) is 15.7 Å². The Bertz CT molecular complexity index is 295. The van der Waals surface area contributed by atoms with Crippen molar-refractivity contribution in [2.75, 3.05) is 26.7 Å². The second kappa shape index (κ2) is 5.95. The molecule has 1 heterocycles. The summed E-state index contributed by atoms with van der Waals surface area (Å²) in [6.45, 7) is 2.95. The molecule has 0 aromatic rings. The van der Waals surface area contributed by atoms with E-state index in [-0.39, 0.29) is 6.54 Å². The van der Waals surface area contributed by atoms with Crippen molar-refractivity contribution in [3.05, 3.63) is 0 Å². The molecule has 6 heteroatoms. The molecule has 0 aromatic heterocycles. The number of aliphatic hydroxyl groups excluding tert-OH is 1. The van der Waals surface area contributed by atoms with Gasteiger partial charge in [-0.15, -0.1) is 0 Å². The van der Waals surface area contributed by atoms with Crippen molar-refractivity contribution in [3.63, 3.8) is 0 Å². The summed E-state index contributed by atoms with van der Waals surface area (Å²) in [7, 11) is -1.85. The second-order valence-electron chi connectivity index (χ2n) is 4.45. The molecule has 0 saturated carbocycles. The van der Waals surface area contributed by atoms with Gasteiger partial charge in [0.1, 0.15) is 0 Å². The Hall–Kier alpha value is -0.170. The first-order valence-corrected chi connectivity index (χ1v) is 7.24. The largest absolute Gasteiger partial charge is 0.392 e. The zero-order valence-corrected chi connectivity index (χ0v) is 10.9. The lowest BCUT2D eigenvalue weighted by Crippen LogP contribution is -2.44. The fraction of sp³-hybridized carbons (Fsp3) is 1.00. The average Bonchev–Trinajstić information content (AvgIpc) is 2.44. The number of hydrogen-bond donors (Lipinski definition) is 1. The van der Waals surface area contributed by atoms with Gasteiger partial charge in [0.25, 0.3) is 10.2 Å². The van der Waals surface area contributed by atoms with Gasteiger partial charge < -0.3 is 5.11 Å². The van der Waals surface area contributed by atoms with Crippen LogP contribution in [0.15, 0.2) is 0 Å². The SMILES string of the molecule is CC(O)CN(C)S(=O)(=O)N1CCCCCC1. The minimum atomic E-state index is -3.37. The Morgan fingerprint density at radius 1 is 1.25 bits per heavy atom. The standard InChI is InChI=1S/C10H22N2O3S/c1-10(13)9-11(2)16(14,15)12-7-5-3-4-6-8-12/h10,13H,3-9H2,1-2H3. The van der Waals surface area contributed by atoms with E-state index in [4.69, 9.17) is 0 Å². The Balaban J connectivity index is 2.67. The van der Waals surface area contributed by atoms with E-state index in [9.17, 15) is 13.5 Å². The summed E-state index contributed by atoms with van der Waals surface area (Å²) in [6, 6.07) is 0. The first-order chi connectivity index (χ1) is 7.44. The smallest absolute Gasteiger partial charge is 0.281 e. The summed E-state index contributed by atoms with van der Waals surface area (Å²) in [6.07, 6.45) is 3.44. The Kier molecular flexibility index (Phi) is 5.17. The normalized spacial score (nSPS) is 22.0. The highest BCUT2D eigenvalue weighted by molar-refractivity contribution is 7.86. The predicted molar refractivity (Wildman–Crippen MR) is 63.3 cm³/mol. The van der Waals surface area contributed by atoms with Crippen LogP contribution >= 0.6 is 0 Å². The van der Waals surface area contributed by atoms with E-state index in [0.717, 1.165) is 25.7 Å².